The molecule has 0 radical (unpaired) electrons. The molecule has 2 aromatic rings. The molecule has 316 valence electrons. The molecule has 2 bridgehead atoms. The smallest absolute Gasteiger partial charge is 0.243 e. The van der Waals surface area contributed by atoms with E-state index in [4.69, 9.17) is 0 Å². The summed E-state index contributed by atoms with van der Waals surface area (Å²) in [6.45, 7) is 22.6. The molecule has 1 aromatic heterocycles. The summed E-state index contributed by atoms with van der Waals surface area (Å²) in [6, 6.07) is 1.33. The number of fused-ring (bicyclic) bond motifs is 3. The molecule has 6 amide bonds. The van der Waals surface area contributed by atoms with E-state index in [1.807, 2.05) is 93.5 Å². The van der Waals surface area contributed by atoms with Gasteiger partial charge in [-0.15, -0.1) is 11.8 Å². The third-order valence-electron chi connectivity index (χ3n) is 10.9. The van der Waals surface area contributed by atoms with Gasteiger partial charge in [0.25, 0.3) is 0 Å². The number of nitrogens with one attached hydrogen (secondary N) is 8. The van der Waals surface area contributed by atoms with Gasteiger partial charge >= 0.3 is 0 Å². The number of para-hydroxylation sites is 1. The molecule has 2 aliphatic heterocycles. The Morgan fingerprint density at radius 3 is 1.65 bits per heavy atom. The number of hydrogen-bond donors (Lipinski definition) is 8. The first-order valence-corrected chi connectivity index (χ1v) is 21.3. The lowest BCUT2D eigenvalue weighted by Crippen LogP contribution is -2.61. The van der Waals surface area contributed by atoms with Crippen LogP contribution in [0, 0.1) is 29.6 Å². The van der Waals surface area contributed by atoms with Crippen LogP contribution in [0.15, 0.2) is 30.5 Å². The Morgan fingerprint density at radius 2 is 1.09 bits per heavy atom. The molecule has 8 atom stereocenters. The average molecular weight is 811 g/mol. The number of hydrogen-bond acceptors (Lipinski definition) is 8. The van der Waals surface area contributed by atoms with Crippen molar-refractivity contribution in [3.63, 3.8) is 0 Å². The minimum absolute atomic E-state index is 0.0293. The van der Waals surface area contributed by atoms with Crippen LogP contribution in [-0.2, 0) is 35.2 Å². The number of rotatable bonds is 8. The predicted octanol–water partition coefficient (Wildman–Crippen LogP) is 3.11. The predicted molar refractivity (Wildman–Crippen MR) is 225 cm³/mol. The topological polar surface area (TPSA) is 202 Å². The van der Waals surface area contributed by atoms with Crippen molar-refractivity contribution in [1.29, 1.82) is 0 Å². The first-order chi connectivity index (χ1) is 26.6. The highest BCUT2D eigenvalue weighted by Crippen LogP contribution is 2.40. The maximum Gasteiger partial charge on any atom is 0.243 e. The third-order valence-corrected chi connectivity index (χ3v) is 12.4. The molecule has 0 saturated carbocycles. The Morgan fingerprint density at radius 1 is 0.596 bits per heavy atom. The molecule has 2 aliphatic rings. The van der Waals surface area contributed by atoms with Gasteiger partial charge in [-0.05, 0) is 61.5 Å². The van der Waals surface area contributed by atoms with Crippen molar-refractivity contribution >= 4 is 58.1 Å². The Kier molecular flexibility index (Phi) is 15.3. The van der Waals surface area contributed by atoms with Gasteiger partial charge in [-0.2, -0.15) is 0 Å². The van der Waals surface area contributed by atoms with Gasteiger partial charge in [-0.1, -0.05) is 87.4 Å². The second-order valence-electron chi connectivity index (χ2n) is 18.0. The second-order valence-corrected chi connectivity index (χ2v) is 19.8. The minimum Gasteiger partial charge on any atom is -0.361 e. The van der Waals surface area contributed by atoms with Crippen LogP contribution in [0.3, 0.4) is 0 Å². The van der Waals surface area contributed by atoms with E-state index >= 15 is 0 Å². The average Bonchev–Trinajstić information content (AvgIpc) is 3.67. The highest BCUT2D eigenvalue weighted by Gasteiger charge is 2.49. The Labute approximate surface area is 342 Å². The number of carbonyl (C=O) groups excluding carboxylic acids is 6. The normalized spacial score (nSPS) is 28.6. The molecule has 15 heteroatoms. The molecule has 4 rings (SSSR count). The molecular formula is C42H66N8O6S. The van der Waals surface area contributed by atoms with Crippen molar-refractivity contribution in [1.82, 2.24) is 42.2 Å². The zero-order valence-electron chi connectivity index (χ0n) is 35.7. The maximum absolute atomic E-state index is 14.4. The van der Waals surface area contributed by atoms with Gasteiger partial charge in [-0.25, -0.2) is 0 Å². The number of thioether (sulfide) groups is 1. The first kappa shape index (κ1) is 45.6. The van der Waals surface area contributed by atoms with Gasteiger partial charge in [0.15, 0.2) is 0 Å². The lowest BCUT2D eigenvalue weighted by atomic mass is 9.96. The minimum atomic E-state index is -1.13. The largest absolute Gasteiger partial charge is 0.361 e. The molecule has 0 aliphatic carbocycles. The molecule has 0 spiro atoms. The molecule has 2 fully saturated rings. The van der Waals surface area contributed by atoms with E-state index in [-0.39, 0.29) is 59.6 Å². The second kappa shape index (κ2) is 19.1. The van der Waals surface area contributed by atoms with Crippen LogP contribution in [0.2, 0.25) is 0 Å². The van der Waals surface area contributed by atoms with Crippen LogP contribution < -0.4 is 37.2 Å². The summed E-state index contributed by atoms with van der Waals surface area (Å²) in [5.41, 5.74) is 1.65. The van der Waals surface area contributed by atoms with Crippen LogP contribution in [-0.4, -0.2) is 92.8 Å². The van der Waals surface area contributed by atoms with Crippen LogP contribution >= 0.6 is 11.8 Å². The lowest BCUT2D eigenvalue weighted by molar-refractivity contribution is -0.136. The zero-order chi connectivity index (χ0) is 42.5. The monoisotopic (exact) mass is 810 g/mol. The Hall–Kier alpha value is -4.11. The Balaban J connectivity index is 1.80. The fourth-order valence-electron chi connectivity index (χ4n) is 7.51. The number of carbonyl (C=O) groups is 6. The molecule has 1 aromatic carbocycles. The van der Waals surface area contributed by atoms with Crippen molar-refractivity contribution in [2.45, 2.75) is 148 Å². The highest BCUT2D eigenvalue weighted by molar-refractivity contribution is 8.01. The molecule has 1 unspecified atom stereocenters. The number of aromatic nitrogens is 1. The Bertz CT molecular complexity index is 1770. The van der Waals surface area contributed by atoms with Crippen molar-refractivity contribution < 1.29 is 28.8 Å². The van der Waals surface area contributed by atoms with Gasteiger partial charge in [-0.3, -0.25) is 34.1 Å². The third kappa shape index (κ3) is 11.3. The van der Waals surface area contributed by atoms with Crippen molar-refractivity contribution in [3.05, 3.63) is 36.0 Å². The van der Waals surface area contributed by atoms with Crippen LogP contribution in [0.25, 0.3) is 10.9 Å². The fourth-order valence-corrected chi connectivity index (χ4v) is 9.21. The summed E-state index contributed by atoms with van der Waals surface area (Å²) in [5, 5.41) is 21.7. The van der Waals surface area contributed by atoms with Crippen LogP contribution in [0.4, 0.5) is 0 Å². The van der Waals surface area contributed by atoms with E-state index in [1.54, 1.807) is 20.0 Å². The SMILES string of the molecule is CC(C)C[C@H]1NC(=O)[C@H](Cc2c[nH]c3ccccc23)NC(=O)[C@@H](C(C)C)NC(=O)[C@H]2NC(SC2(C)C)[C@H](C(C)C)NC(=O)[C@@H](C(C)C)NC(=O)[C@H](C(C)C)NC1=O. The maximum atomic E-state index is 14.4. The molecule has 2 saturated heterocycles. The molecule has 14 nitrogen and oxygen atoms in total. The van der Waals surface area contributed by atoms with Crippen molar-refractivity contribution in [3.8, 4) is 0 Å². The molecule has 3 heterocycles. The van der Waals surface area contributed by atoms with Crippen molar-refractivity contribution in [2.24, 2.45) is 29.6 Å². The van der Waals surface area contributed by atoms with E-state index in [9.17, 15) is 28.8 Å². The zero-order valence-corrected chi connectivity index (χ0v) is 36.5. The van der Waals surface area contributed by atoms with E-state index < -0.39 is 70.7 Å². The summed E-state index contributed by atoms with van der Waals surface area (Å²) in [5.74, 6) is -4.09. The number of amides is 6. The standard InChI is InChI=1S/C42H66N8O6S/c1-20(2)17-28-36(52)46-31(22(5)6)38(54)47-32(23(7)8)39(55)49-33(24(9)10)41-50-34(42(11,12)57-41)40(56)48-30(21(3)4)37(53)45-29(35(51)44-28)18-25-19-43-27-16-14-13-15-26(25)27/h13-16,19-24,28-34,41,43,50H,17-18H2,1-12H3,(H,44,51)(H,45,53)(H,46,52)(H,47,54)(H,48,56)(H,49,55)/t28-,29+,30-,31+,32-,33+,34-,41?/m1/s1. The van der Waals surface area contributed by atoms with Gasteiger partial charge < -0.3 is 36.9 Å². The van der Waals surface area contributed by atoms with Crippen molar-refractivity contribution in [2.75, 3.05) is 0 Å². The van der Waals surface area contributed by atoms with E-state index in [0.29, 0.717) is 0 Å². The van der Waals surface area contributed by atoms with Gasteiger partial charge in [0, 0.05) is 28.3 Å². The molecule has 57 heavy (non-hydrogen) atoms. The van der Waals surface area contributed by atoms with E-state index in [0.717, 1.165) is 16.5 Å². The summed E-state index contributed by atoms with van der Waals surface area (Å²) in [6.07, 6.45) is 2.14. The summed E-state index contributed by atoms with van der Waals surface area (Å²) >= 11 is 1.53. The quantitative estimate of drug-likeness (QED) is 0.199. The summed E-state index contributed by atoms with van der Waals surface area (Å²) < 4.78 is -0.640. The molecule has 8 N–H and O–H groups in total. The first-order valence-electron chi connectivity index (χ1n) is 20.4. The van der Waals surface area contributed by atoms with Crippen LogP contribution in [0.1, 0.15) is 95.1 Å². The van der Waals surface area contributed by atoms with Gasteiger partial charge in [0.05, 0.1) is 11.4 Å². The van der Waals surface area contributed by atoms with E-state index in [2.05, 4.69) is 42.2 Å². The van der Waals surface area contributed by atoms with Crippen LogP contribution in [0.5, 0.6) is 0 Å². The number of aromatic amines is 1. The lowest BCUT2D eigenvalue weighted by Gasteiger charge is -2.32. The summed E-state index contributed by atoms with van der Waals surface area (Å²) in [4.78, 5) is 88.2. The van der Waals surface area contributed by atoms with Gasteiger partial charge in [0.2, 0.25) is 35.4 Å². The number of H-pyrrole nitrogens is 1. The fraction of sp³-hybridized carbons (Fsp3) is 0.667. The highest BCUT2D eigenvalue weighted by atomic mass is 32.2. The number of benzene rings is 1. The summed E-state index contributed by atoms with van der Waals surface area (Å²) in [7, 11) is 0. The molecular weight excluding hydrogens is 745 g/mol. The van der Waals surface area contributed by atoms with E-state index in [1.165, 1.54) is 11.8 Å². The van der Waals surface area contributed by atoms with Gasteiger partial charge in [0.1, 0.15) is 36.3 Å².